The fourth-order valence-corrected chi connectivity index (χ4v) is 2.13. The minimum Gasteiger partial charge on any atom is -0.480 e. The zero-order chi connectivity index (χ0) is 15.7. The van der Waals surface area contributed by atoms with Crippen LogP contribution in [0.5, 0.6) is 0 Å². The highest BCUT2D eigenvalue weighted by molar-refractivity contribution is 5.73. The average molecular weight is 301 g/mol. The highest BCUT2D eigenvalue weighted by Crippen LogP contribution is 2.27. The zero-order valence-corrected chi connectivity index (χ0v) is 10.7. The van der Waals surface area contributed by atoms with Gasteiger partial charge in [-0.15, -0.1) is 0 Å². The van der Waals surface area contributed by atoms with Crippen molar-refractivity contribution >= 4 is 5.97 Å². The molecule has 21 heavy (non-hydrogen) atoms. The first-order valence-electron chi connectivity index (χ1n) is 6.12. The molecule has 1 fully saturated rings. The second kappa shape index (κ2) is 5.77. The maximum atomic E-state index is 11.7. The zero-order valence-electron chi connectivity index (χ0n) is 10.7. The van der Waals surface area contributed by atoms with Crippen LogP contribution in [0.1, 0.15) is 12.6 Å². The van der Waals surface area contributed by atoms with E-state index in [1.165, 1.54) is 0 Å². The summed E-state index contributed by atoms with van der Waals surface area (Å²) in [5.74, 6) is -1.34. The van der Waals surface area contributed by atoms with E-state index >= 15 is 0 Å². The molecule has 1 aliphatic rings. The van der Waals surface area contributed by atoms with Gasteiger partial charge in [-0.05, 0) is 0 Å². The molecule has 10 heteroatoms. The van der Waals surface area contributed by atoms with E-state index in [1.807, 2.05) is 4.98 Å². The number of carboxylic acid groups (broad SMARTS) is 1. The number of carboxylic acids is 1. The van der Waals surface area contributed by atoms with E-state index < -0.39 is 47.8 Å². The van der Waals surface area contributed by atoms with Gasteiger partial charge in [0.1, 0.15) is 12.1 Å². The number of rotatable bonds is 3. The summed E-state index contributed by atoms with van der Waals surface area (Å²) in [6, 6.07) is -0.391. The Balaban J connectivity index is 2.34. The molecule has 1 aromatic heterocycles. The number of hydrogen-bond acceptors (Lipinski definition) is 7. The Bertz CT molecular complexity index is 639. The number of carbonyl (C=O) groups is 1. The molecule has 0 saturated carbocycles. The molecule has 0 radical (unpaired) electrons. The summed E-state index contributed by atoms with van der Waals surface area (Å²) in [6.45, 7) is 0. The van der Waals surface area contributed by atoms with Crippen molar-refractivity contribution in [3.05, 3.63) is 33.1 Å². The van der Waals surface area contributed by atoms with Gasteiger partial charge in [0.2, 0.25) is 0 Å². The Morgan fingerprint density at radius 2 is 2.14 bits per heavy atom. The summed E-state index contributed by atoms with van der Waals surface area (Å²) in [6.07, 6.45) is -4.35. The molecule has 0 spiro atoms. The summed E-state index contributed by atoms with van der Waals surface area (Å²) in [7, 11) is 0. The number of aromatic nitrogens is 2. The maximum absolute atomic E-state index is 11.7. The van der Waals surface area contributed by atoms with Gasteiger partial charge in [0.05, 0.1) is 12.2 Å². The van der Waals surface area contributed by atoms with Gasteiger partial charge in [-0.25, -0.2) is 4.79 Å². The number of nitrogens with two attached hydrogens (primary N) is 1. The van der Waals surface area contributed by atoms with Gasteiger partial charge in [-0.2, -0.15) is 0 Å². The molecule has 1 aromatic rings. The molecule has 0 unspecified atom stereocenters. The first kappa shape index (κ1) is 15.4. The number of aliphatic carboxylic acids is 1. The summed E-state index contributed by atoms with van der Waals surface area (Å²) in [5, 5.41) is 28.6. The summed E-state index contributed by atoms with van der Waals surface area (Å²) in [5.41, 5.74) is 3.94. The van der Waals surface area contributed by atoms with Gasteiger partial charge in [0.15, 0.2) is 6.23 Å². The van der Waals surface area contributed by atoms with Crippen LogP contribution in [0.4, 0.5) is 0 Å². The van der Waals surface area contributed by atoms with Gasteiger partial charge in [-0.3, -0.25) is 19.1 Å². The van der Waals surface area contributed by atoms with E-state index in [0.29, 0.717) is 0 Å². The monoisotopic (exact) mass is 301 g/mol. The Hall–Kier alpha value is -2.01. The predicted octanol–water partition coefficient (Wildman–Crippen LogP) is -3.04. The van der Waals surface area contributed by atoms with Crippen LogP contribution in [0.3, 0.4) is 0 Å². The van der Waals surface area contributed by atoms with Crippen molar-refractivity contribution in [2.24, 2.45) is 5.73 Å². The molecule has 116 valence electrons. The van der Waals surface area contributed by atoms with Crippen molar-refractivity contribution in [3.8, 4) is 0 Å². The Morgan fingerprint density at radius 1 is 1.48 bits per heavy atom. The third-order valence-corrected chi connectivity index (χ3v) is 3.29. The molecular formula is C11H15N3O7. The lowest BCUT2D eigenvalue weighted by atomic mass is 9.97. The van der Waals surface area contributed by atoms with E-state index in [-0.39, 0.29) is 6.42 Å². The number of nitrogens with zero attached hydrogens (tertiary/aromatic N) is 1. The molecular weight excluding hydrogens is 286 g/mol. The van der Waals surface area contributed by atoms with Gasteiger partial charge in [0.25, 0.3) is 5.56 Å². The molecule has 1 aliphatic heterocycles. The van der Waals surface area contributed by atoms with E-state index in [2.05, 4.69) is 0 Å². The fourth-order valence-electron chi connectivity index (χ4n) is 2.13. The second-order valence-corrected chi connectivity index (χ2v) is 4.74. The van der Waals surface area contributed by atoms with Crippen LogP contribution in [0.2, 0.25) is 0 Å². The normalized spacial score (nSPS) is 30.8. The lowest BCUT2D eigenvalue weighted by Gasteiger charge is -2.38. The smallest absolute Gasteiger partial charge is 0.330 e. The lowest BCUT2D eigenvalue weighted by Crippen LogP contribution is -2.55. The second-order valence-electron chi connectivity index (χ2n) is 4.74. The summed E-state index contributed by atoms with van der Waals surface area (Å²) in [4.78, 5) is 35.5. The van der Waals surface area contributed by atoms with Crippen LogP contribution in [0.25, 0.3) is 0 Å². The first-order chi connectivity index (χ1) is 9.81. The van der Waals surface area contributed by atoms with Gasteiger partial charge < -0.3 is 25.8 Å². The average Bonchev–Trinajstić information content (AvgIpc) is 2.41. The van der Waals surface area contributed by atoms with Crippen molar-refractivity contribution in [2.75, 3.05) is 0 Å². The topological polar surface area (TPSA) is 168 Å². The van der Waals surface area contributed by atoms with Crippen LogP contribution in [-0.2, 0) is 9.53 Å². The molecule has 1 saturated heterocycles. The summed E-state index contributed by atoms with van der Waals surface area (Å²) < 4.78 is 6.18. The SMILES string of the molecule is N[C@H](C(=O)O)[C@@H]1C[C@@H](O)[C@@H](O)[C@H](n2ccc(=O)[nH]c2=O)O1. The van der Waals surface area contributed by atoms with Gasteiger partial charge in [-0.1, -0.05) is 0 Å². The van der Waals surface area contributed by atoms with E-state index in [9.17, 15) is 24.6 Å². The predicted molar refractivity (Wildman–Crippen MR) is 67.5 cm³/mol. The Morgan fingerprint density at radius 3 is 2.71 bits per heavy atom. The van der Waals surface area contributed by atoms with Crippen molar-refractivity contribution < 1.29 is 24.9 Å². The Labute approximate surface area is 117 Å². The molecule has 0 amide bonds. The fraction of sp³-hybridized carbons (Fsp3) is 0.545. The van der Waals surface area contributed by atoms with Crippen molar-refractivity contribution in [1.82, 2.24) is 9.55 Å². The summed E-state index contributed by atoms with van der Waals surface area (Å²) >= 11 is 0. The molecule has 10 nitrogen and oxygen atoms in total. The molecule has 0 aliphatic carbocycles. The number of aliphatic hydroxyl groups excluding tert-OH is 2. The number of H-pyrrole nitrogens is 1. The third-order valence-electron chi connectivity index (χ3n) is 3.29. The lowest BCUT2D eigenvalue weighted by molar-refractivity contribution is -0.206. The number of hydrogen-bond donors (Lipinski definition) is 5. The molecule has 2 heterocycles. The molecule has 0 bridgehead atoms. The van der Waals surface area contributed by atoms with Crippen LogP contribution in [0, 0.1) is 0 Å². The van der Waals surface area contributed by atoms with E-state index in [4.69, 9.17) is 15.6 Å². The number of aliphatic hydroxyl groups is 2. The van der Waals surface area contributed by atoms with E-state index in [1.54, 1.807) is 0 Å². The molecule has 0 aromatic carbocycles. The highest BCUT2D eigenvalue weighted by atomic mass is 16.5. The quantitative estimate of drug-likeness (QED) is 0.392. The first-order valence-corrected chi connectivity index (χ1v) is 6.12. The van der Waals surface area contributed by atoms with E-state index in [0.717, 1.165) is 16.8 Å². The number of aromatic amines is 1. The number of nitrogens with one attached hydrogen (secondary N) is 1. The van der Waals surface area contributed by atoms with Gasteiger partial charge >= 0.3 is 11.7 Å². The standard InChI is InChI=1S/C11H15N3O7/c12-7(10(18)19)5-3-4(15)8(17)9(21-5)14-2-1-6(16)13-11(14)20/h1-2,4-5,7-9,15,17H,3,12H2,(H,18,19)(H,13,16,20)/t4-,5+,7+,8-,9-/m1/s1. The van der Waals surface area contributed by atoms with Crippen molar-refractivity contribution in [3.63, 3.8) is 0 Å². The molecule has 6 N–H and O–H groups in total. The van der Waals surface area contributed by atoms with Crippen LogP contribution < -0.4 is 17.0 Å². The van der Waals surface area contributed by atoms with Crippen molar-refractivity contribution in [2.45, 2.75) is 37.0 Å². The largest absolute Gasteiger partial charge is 0.480 e. The maximum Gasteiger partial charge on any atom is 0.330 e. The molecule has 5 atom stereocenters. The highest BCUT2D eigenvalue weighted by Gasteiger charge is 2.42. The minimum atomic E-state index is -1.47. The third kappa shape index (κ3) is 3.03. The number of ether oxygens (including phenoxy) is 1. The van der Waals surface area contributed by atoms with Crippen LogP contribution in [-0.4, -0.2) is 55.2 Å². The molecule has 2 rings (SSSR count). The van der Waals surface area contributed by atoms with Crippen molar-refractivity contribution in [1.29, 1.82) is 0 Å². The van der Waals surface area contributed by atoms with Crippen LogP contribution >= 0.6 is 0 Å². The van der Waals surface area contributed by atoms with Crippen LogP contribution in [0.15, 0.2) is 21.9 Å². The minimum absolute atomic E-state index is 0.191. The Kier molecular flexibility index (Phi) is 4.23. The van der Waals surface area contributed by atoms with Gasteiger partial charge in [0, 0.05) is 18.7 Å².